The molecule has 0 aliphatic carbocycles. The molecule has 0 bridgehead atoms. The quantitative estimate of drug-likeness (QED) is 0.390. The minimum atomic E-state index is -4.12. The average molecular weight is 427 g/mol. The average Bonchev–Trinajstić information content (AvgIpc) is 2.74. The van der Waals surface area contributed by atoms with Crippen molar-refractivity contribution in [1.82, 2.24) is 9.97 Å². The van der Waals surface area contributed by atoms with Crippen LogP contribution in [0.1, 0.15) is 43.6 Å². The summed E-state index contributed by atoms with van der Waals surface area (Å²) in [7, 11) is -4.12. The van der Waals surface area contributed by atoms with Crippen molar-refractivity contribution in [3.8, 4) is 6.07 Å². The summed E-state index contributed by atoms with van der Waals surface area (Å²) in [6, 6.07) is 13.4. The fourth-order valence-corrected chi connectivity index (χ4v) is 4.51. The molecule has 1 unspecified atom stereocenters. The lowest BCUT2D eigenvalue weighted by Crippen LogP contribution is -2.17. The summed E-state index contributed by atoms with van der Waals surface area (Å²) >= 11 is 0. The number of unbranched alkanes of at least 4 members (excludes halogenated alkanes) is 3. The lowest BCUT2D eigenvalue weighted by atomic mass is 10.2. The van der Waals surface area contributed by atoms with Gasteiger partial charge in [0.05, 0.1) is 22.0 Å². The second-order valence-corrected chi connectivity index (χ2v) is 8.97. The molecular weight excluding hydrogens is 403 g/mol. The Balaban J connectivity index is 2.03. The van der Waals surface area contributed by atoms with Gasteiger partial charge in [0.25, 0.3) is 0 Å². The van der Waals surface area contributed by atoms with Gasteiger partial charge < -0.3 is 5.32 Å². The fraction of sp³-hybridized carbons (Fsp3) is 0.318. The summed E-state index contributed by atoms with van der Waals surface area (Å²) in [6.07, 6.45) is 4.14. The first-order chi connectivity index (χ1) is 14.5. The van der Waals surface area contributed by atoms with Crippen LogP contribution in [0.4, 0.5) is 10.2 Å². The summed E-state index contributed by atoms with van der Waals surface area (Å²) in [4.78, 5) is 8.86. The van der Waals surface area contributed by atoms with Crippen LogP contribution in [0.5, 0.6) is 0 Å². The molecule has 3 rings (SSSR count). The van der Waals surface area contributed by atoms with Gasteiger partial charge in [-0.3, -0.25) is 0 Å². The molecule has 8 heteroatoms. The van der Waals surface area contributed by atoms with Gasteiger partial charge in [0.15, 0.2) is 11.1 Å². The number of para-hydroxylation sites is 2. The van der Waals surface area contributed by atoms with Gasteiger partial charge in [-0.15, -0.1) is 0 Å². The van der Waals surface area contributed by atoms with Crippen LogP contribution < -0.4 is 5.32 Å². The third kappa shape index (κ3) is 4.74. The van der Waals surface area contributed by atoms with Crippen LogP contribution in [0, 0.1) is 17.1 Å². The van der Waals surface area contributed by atoms with E-state index >= 15 is 0 Å². The van der Waals surface area contributed by atoms with Gasteiger partial charge in [0.1, 0.15) is 11.5 Å². The van der Waals surface area contributed by atoms with Crippen molar-refractivity contribution >= 4 is 26.7 Å². The number of fused-ring (bicyclic) bond motifs is 1. The molecule has 1 N–H and O–H groups in total. The van der Waals surface area contributed by atoms with E-state index in [9.17, 15) is 18.1 Å². The van der Waals surface area contributed by atoms with Crippen molar-refractivity contribution in [3.05, 3.63) is 60.0 Å². The van der Waals surface area contributed by atoms with E-state index in [1.807, 2.05) is 12.1 Å². The van der Waals surface area contributed by atoms with Gasteiger partial charge >= 0.3 is 0 Å². The van der Waals surface area contributed by atoms with Gasteiger partial charge in [0, 0.05) is 6.54 Å². The van der Waals surface area contributed by atoms with Crippen molar-refractivity contribution < 1.29 is 12.8 Å². The maximum absolute atomic E-state index is 13.3. The lowest BCUT2D eigenvalue weighted by molar-refractivity contribution is 0.589. The topological polar surface area (TPSA) is 95.7 Å². The molecule has 2 aromatic carbocycles. The van der Waals surface area contributed by atoms with E-state index in [2.05, 4.69) is 22.2 Å². The van der Waals surface area contributed by atoms with E-state index in [4.69, 9.17) is 0 Å². The highest BCUT2D eigenvalue weighted by Gasteiger charge is 2.33. The van der Waals surface area contributed by atoms with E-state index in [1.54, 1.807) is 18.2 Å². The van der Waals surface area contributed by atoms with Crippen LogP contribution in [0.15, 0.2) is 53.4 Å². The van der Waals surface area contributed by atoms with Crippen molar-refractivity contribution in [2.75, 3.05) is 11.9 Å². The summed E-state index contributed by atoms with van der Waals surface area (Å²) < 4.78 is 39.5. The van der Waals surface area contributed by atoms with Crippen LogP contribution in [-0.4, -0.2) is 24.9 Å². The Morgan fingerprint density at radius 3 is 2.33 bits per heavy atom. The van der Waals surface area contributed by atoms with Crippen LogP contribution in [0.25, 0.3) is 11.0 Å². The molecule has 0 aliphatic rings. The molecule has 0 saturated heterocycles. The molecule has 0 fully saturated rings. The Labute approximate surface area is 175 Å². The summed E-state index contributed by atoms with van der Waals surface area (Å²) in [5.74, 6) is -0.273. The molecular formula is C22H23FN4O2S. The van der Waals surface area contributed by atoms with Gasteiger partial charge in [-0.05, 0) is 42.8 Å². The van der Waals surface area contributed by atoms with E-state index < -0.39 is 20.9 Å². The third-order valence-electron chi connectivity index (χ3n) is 4.74. The van der Waals surface area contributed by atoms with E-state index in [0.717, 1.165) is 49.9 Å². The molecule has 6 nitrogen and oxygen atoms in total. The fourth-order valence-electron chi connectivity index (χ4n) is 3.12. The highest BCUT2D eigenvalue weighted by molar-refractivity contribution is 7.92. The summed E-state index contributed by atoms with van der Waals surface area (Å²) in [5.41, 5.74) is 1.16. The zero-order chi connectivity index (χ0) is 21.6. The molecule has 1 atom stereocenters. The second kappa shape index (κ2) is 9.63. The smallest absolute Gasteiger partial charge is 0.200 e. The van der Waals surface area contributed by atoms with E-state index in [-0.39, 0.29) is 16.4 Å². The number of aromatic nitrogens is 2. The van der Waals surface area contributed by atoms with Crippen molar-refractivity contribution in [3.63, 3.8) is 0 Å². The molecule has 30 heavy (non-hydrogen) atoms. The molecule has 0 amide bonds. The number of hydrogen-bond acceptors (Lipinski definition) is 6. The Hall–Kier alpha value is -3.05. The van der Waals surface area contributed by atoms with Crippen molar-refractivity contribution in [1.29, 1.82) is 5.26 Å². The SMILES string of the molecule is CCCCCCNc1nc2ccccc2nc1C(C#N)S(=O)(=O)c1ccc(F)cc1. The Morgan fingerprint density at radius 2 is 1.70 bits per heavy atom. The number of nitrogens with one attached hydrogen (secondary N) is 1. The minimum Gasteiger partial charge on any atom is -0.368 e. The summed E-state index contributed by atoms with van der Waals surface area (Å²) in [6.45, 7) is 2.72. The molecule has 0 spiro atoms. The minimum absolute atomic E-state index is 0.0519. The molecule has 3 aromatic rings. The maximum atomic E-state index is 13.3. The zero-order valence-corrected chi connectivity index (χ0v) is 17.5. The van der Waals surface area contributed by atoms with Crippen LogP contribution in [-0.2, 0) is 9.84 Å². The number of nitriles is 1. The predicted molar refractivity (Wildman–Crippen MR) is 114 cm³/mol. The molecule has 156 valence electrons. The highest BCUT2D eigenvalue weighted by atomic mass is 32.2. The molecule has 0 aliphatic heterocycles. The Morgan fingerprint density at radius 1 is 1.03 bits per heavy atom. The standard InChI is InChI=1S/C22H23FN4O2S/c1-2-3-4-7-14-25-22-21(26-18-8-5-6-9-19(18)27-22)20(15-24)30(28,29)17-12-10-16(23)11-13-17/h5-6,8-13,20H,2-4,7,14H2,1H3,(H,25,27). The molecule has 0 radical (unpaired) electrons. The number of sulfone groups is 1. The number of rotatable bonds is 9. The van der Waals surface area contributed by atoms with Crippen molar-refractivity contribution in [2.45, 2.75) is 42.8 Å². The van der Waals surface area contributed by atoms with Crippen molar-refractivity contribution in [2.24, 2.45) is 0 Å². The number of halogens is 1. The lowest BCUT2D eigenvalue weighted by Gasteiger charge is -2.16. The first kappa shape index (κ1) is 21.7. The summed E-state index contributed by atoms with van der Waals surface area (Å²) in [5, 5.41) is 11.4. The Kier molecular flexibility index (Phi) is 6.95. The number of hydrogen-bond donors (Lipinski definition) is 1. The molecule has 0 saturated carbocycles. The number of anilines is 1. The first-order valence-corrected chi connectivity index (χ1v) is 11.4. The maximum Gasteiger partial charge on any atom is 0.200 e. The van der Waals surface area contributed by atoms with Crippen LogP contribution in [0.2, 0.25) is 0 Å². The Bertz CT molecular complexity index is 1160. The normalized spacial score (nSPS) is 12.4. The largest absolute Gasteiger partial charge is 0.368 e. The first-order valence-electron chi connectivity index (χ1n) is 9.87. The van der Waals surface area contributed by atoms with Gasteiger partial charge in [0.2, 0.25) is 9.84 Å². The highest BCUT2D eigenvalue weighted by Crippen LogP contribution is 2.32. The van der Waals surface area contributed by atoms with Crippen LogP contribution >= 0.6 is 0 Å². The van der Waals surface area contributed by atoms with Crippen LogP contribution in [0.3, 0.4) is 0 Å². The van der Waals surface area contributed by atoms with Gasteiger partial charge in [-0.1, -0.05) is 38.3 Å². The van der Waals surface area contributed by atoms with E-state index in [1.165, 1.54) is 0 Å². The third-order valence-corrected chi connectivity index (χ3v) is 6.62. The monoisotopic (exact) mass is 426 g/mol. The second-order valence-electron chi connectivity index (χ2n) is 6.94. The van der Waals surface area contributed by atoms with Gasteiger partial charge in [-0.2, -0.15) is 5.26 Å². The molecule has 1 heterocycles. The van der Waals surface area contributed by atoms with Gasteiger partial charge in [-0.25, -0.2) is 22.8 Å². The number of benzene rings is 2. The van der Waals surface area contributed by atoms with E-state index in [0.29, 0.717) is 17.6 Å². The predicted octanol–water partition coefficient (Wildman–Crippen LogP) is 4.80. The zero-order valence-electron chi connectivity index (χ0n) is 16.7. The molecule has 1 aromatic heterocycles. The number of nitrogens with zero attached hydrogens (tertiary/aromatic N) is 3.